The Morgan fingerprint density at radius 1 is 1.47 bits per heavy atom. The van der Waals surface area contributed by atoms with Gasteiger partial charge in [-0.2, -0.15) is 0 Å². The van der Waals surface area contributed by atoms with Gasteiger partial charge in [0, 0.05) is 12.1 Å². The van der Waals surface area contributed by atoms with Gasteiger partial charge in [0.05, 0.1) is 12.7 Å². The summed E-state index contributed by atoms with van der Waals surface area (Å²) < 4.78 is 5.06. The molecule has 0 aliphatic heterocycles. The number of amides is 1. The molecule has 1 amide bonds. The third-order valence-corrected chi connectivity index (χ3v) is 2.68. The van der Waals surface area contributed by atoms with Crippen LogP contribution >= 0.6 is 0 Å². The van der Waals surface area contributed by atoms with Crippen LogP contribution in [0.25, 0.3) is 6.08 Å². The first-order valence-corrected chi connectivity index (χ1v) is 6.03. The van der Waals surface area contributed by atoms with Crippen molar-refractivity contribution < 1.29 is 19.1 Å². The molecule has 104 valence electrons. The van der Waals surface area contributed by atoms with Gasteiger partial charge < -0.3 is 14.8 Å². The molecule has 1 heterocycles. The van der Waals surface area contributed by atoms with E-state index in [2.05, 4.69) is 5.32 Å². The summed E-state index contributed by atoms with van der Waals surface area (Å²) in [5.74, 6) is -0.700. The molecule has 1 aromatic heterocycles. The summed E-state index contributed by atoms with van der Waals surface area (Å²) >= 11 is 0. The summed E-state index contributed by atoms with van der Waals surface area (Å²) in [5, 5.41) is 11.6. The lowest BCUT2D eigenvalue weighted by atomic mass is 9.84. The van der Waals surface area contributed by atoms with Crippen molar-refractivity contribution in [1.82, 2.24) is 5.32 Å². The standard InChI is InChI=1S/C14H19NO4/c1-14(2,3)11(9-13(17)18)15-12(16)7-6-10-5-4-8-19-10/h4-8,11H,9H2,1-3H3,(H,15,16)(H,17,18)/b7-6+. The molecule has 0 spiro atoms. The van der Waals surface area contributed by atoms with Crippen molar-refractivity contribution in [1.29, 1.82) is 0 Å². The normalized spacial score (nSPS) is 13.4. The van der Waals surface area contributed by atoms with Gasteiger partial charge >= 0.3 is 5.97 Å². The van der Waals surface area contributed by atoms with E-state index in [4.69, 9.17) is 9.52 Å². The quantitative estimate of drug-likeness (QED) is 0.800. The minimum absolute atomic E-state index is 0.107. The Morgan fingerprint density at radius 3 is 2.63 bits per heavy atom. The van der Waals surface area contributed by atoms with Crippen LogP contribution in [0.2, 0.25) is 0 Å². The molecule has 0 bridgehead atoms. The highest BCUT2D eigenvalue weighted by Crippen LogP contribution is 2.21. The Balaban J connectivity index is 2.63. The molecular formula is C14H19NO4. The van der Waals surface area contributed by atoms with Gasteiger partial charge in [0.25, 0.3) is 0 Å². The van der Waals surface area contributed by atoms with Gasteiger partial charge in [0.1, 0.15) is 5.76 Å². The molecule has 1 rings (SSSR count). The molecule has 19 heavy (non-hydrogen) atoms. The van der Waals surface area contributed by atoms with Crippen LogP contribution in [0.15, 0.2) is 28.9 Å². The Labute approximate surface area is 112 Å². The number of hydrogen-bond donors (Lipinski definition) is 2. The molecule has 5 heteroatoms. The van der Waals surface area contributed by atoms with Crippen molar-refractivity contribution in [2.24, 2.45) is 5.41 Å². The highest BCUT2D eigenvalue weighted by molar-refractivity contribution is 5.91. The molecule has 0 aliphatic rings. The predicted octanol–water partition coefficient (Wildman–Crippen LogP) is 2.30. The average molecular weight is 265 g/mol. The second-order valence-corrected chi connectivity index (χ2v) is 5.37. The van der Waals surface area contributed by atoms with E-state index in [0.29, 0.717) is 5.76 Å². The largest absolute Gasteiger partial charge is 0.481 e. The molecule has 1 aromatic rings. The van der Waals surface area contributed by atoms with Crippen molar-refractivity contribution in [2.75, 3.05) is 0 Å². The van der Waals surface area contributed by atoms with Crippen LogP contribution in [-0.4, -0.2) is 23.0 Å². The van der Waals surface area contributed by atoms with Gasteiger partial charge in [-0.05, 0) is 23.6 Å². The topological polar surface area (TPSA) is 79.5 Å². The minimum Gasteiger partial charge on any atom is -0.481 e. The van der Waals surface area contributed by atoms with E-state index < -0.39 is 12.0 Å². The molecule has 0 radical (unpaired) electrons. The van der Waals surface area contributed by atoms with Crippen LogP contribution in [-0.2, 0) is 9.59 Å². The van der Waals surface area contributed by atoms with E-state index in [0.717, 1.165) is 0 Å². The number of carbonyl (C=O) groups excluding carboxylic acids is 1. The first kappa shape index (κ1) is 15.0. The second kappa shape index (κ2) is 6.22. The third-order valence-electron chi connectivity index (χ3n) is 2.68. The molecular weight excluding hydrogens is 246 g/mol. The van der Waals surface area contributed by atoms with E-state index in [1.54, 1.807) is 12.1 Å². The van der Waals surface area contributed by atoms with E-state index in [1.165, 1.54) is 18.4 Å². The predicted molar refractivity (Wildman–Crippen MR) is 71.4 cm³/mol. The van der Waals surface area contributed by atoms with Crippen LogP contribution in [0.1, 0.15) is 33.0 Å². The summed E-state index contributed by atoms with van der Waals surface area (Å²) in [5.41, 5.74) is -0.327. The number of rotatable bonds is 5. The third kappa shape index (κ3) is 5.42. The second-order valence-electron chi connectivity index (χ2n) is 5.37. The zero-order valence-corrected chi connectivity index (χ0v) is 11.3. The smallest absolute Gasteiger partial charge is 0.305 e. The van der Waals surface area contributed by atoms with Gasteiger partial charge in [-0.15, -0.1) is 0 Å². The lowest BCUT2D eigenvalue weighted by Gasteiger charge is -2.29. The lowest BCUT2D eigenvalue weighted by molar-refractivity contribution is -0.138. The van der Waals surface area contributed by atoms with Gasteiger partial charge in [-0.3, -0.25) is 9.59 Å². The zero-order valence-electron chi connectivity index (χ0n) is 11.3. The maximum Gasteiger partial charge on any atom is 0.305 e. The number of carboxylic acids is 1. The highest BCUT2D eigenvalue weighted by atomic mass is 16.4. The van der Waals surface area contributed by atoms with Crippen molar-refractivity contribution in [3.63, 3.8) is 0 Å². The maximum absolute atomic E-state index is 11.7. The highest BCUT2D eigenvalue weighted by Gasteiger charge is 2.27. The van der Waals surface area contributed by atoms with Gasteiger partial charge in [-0.1, -0.05) is 20.8 Å². The minimum atomic E-state index is -0.935. The van der Waals surface area contributed by atoms with Crippen molar-refractivity contribution >= 4 is 18.0 Å². The molecule has 1 atom stereocenters. The fourth-order valence-electron chi connectivity index (χ4n) is 1.51. The summed E-state index contributed by atoms with van der Waals surface area (Å²) in [6, 6.07) is 3.01. The Morgan fingerprint density at radius 2 is 2.16 bits per heavy atom. The molecule has 0 aromatic carbocycles. The summed E-state index contributed by atoms with van der Waals surface area (Å²) in [6.07, 6.45) is 4.28. The SMILES string of the molecule is CC(C)(C)C(CC(=O)O)NC(=O)/C=C/c1ccco1. The van der Waals surface area contributed by atoms with Crippen LogP contribution in [0, 0.1) is 5.41 Å². The van der Waals surface area contributed by atoms with Crippen LogP contribution in [0.5, 0.6) is 0 Å². The van der Waals surface area contributed by atoms with Gasteiger partial charge in [0.15, 0.2) is 0 Å². The number of furan rings is 1. The van der Waals surface area contributed by atoms with Crippen molar-refractivity contribution in [2.45, 2.75) is 33.2 Å². The number of carboxylic acid groups (broad SMARTS) is 1. The van der Waals surface area contributed by atoms with E-state index in [9.17, 15) is 9.59 Å². The fraction of sp³-hybridized carbons (Fsp3) is 0.429. The van der Waals surface area contributed by atoms with Crippen LogP contribution in [0.3, 0.4) is 0 Å². The number of carbonyl (C=O) groups is 2. The summed E-state index contributed by atoms with van der Waals surface area (Å²) in [7, 11) is 0. The van der Waals surface area contributed by atoms with E-state index >= 15 is 0 Å². The first-order chi connectivity index (χ1) is 8.79. The summed E-state index contributed by atoms with van der Waals surface area (Å²) in [4.78, 5) is 22.5. The number of nitrogens with one attached hydrogen (secondary N) is 1. The Hall–Kier alpha value is -2.04. The fourth-order valence-corrected chi connectivity index (χ4v) is 1.51. The maximum atomic E-state index is 11.7. The van der Waals surface area contributed by atoms with E-state index in [-0.39, 0.29) is 17.7 Å². The molecule has 0 saturated heterocycles. The molecule has 1 unspecified atom stereocenters. The van der Waals surface area contributed by atoms with Crippen LogP contribution in [0.4, 0.5) is 0 Å². The number of aliphatic carboxylic acids is 1. The first-order valence-electron chi connectivity index (χ1n) is 6.03. The average Bonchev–Trinajstić information content (AvgIpc) is 2.76. The molecule has 0 saturated carbocycles. The molecule has 0 fully saturated rings. The molecule has 0 aliphatic carbocycles. The Kier molecular flexibility index (Phi) is 4.92. The van der Waals surface area contributed by atoms with Crippen molar-refractivity contribution in [3.8, 4) is 0 Å². The molecule has 2 N–H and O–H groups in total. The summed E-state index contributed by atoms with van der Waals surface area (Å²) in [6.45, 7) is 5.66. The molecule has 5 nitrogen and oxygen atoms in total. The van der Waals surface area contributed by atoms with E-state index in [1.807, 2.05) is 20.8 Å². The van der Waals surface area contributed by atoms with Crippen LogP contribution < -0.4 is 5.32 Å². The lowest BCUT2D eigenvalue weighted by Crippen LogP contribution is -2.44. The van der Waals surface area contributed by atoms with Crippen molar-refractivity contribution in [3.05, 3.63) is 30.2 Å². The van der Waals surface area contributed by atoms with Gasteiger partial charge in [-0.25, -0.2) is 0 Å². The Bertz CT molecular complexity index is 454. The number of hydrogen-bond acceptors (Lipinski definition) is 3. The zero-order chi connectivity index (χ0) is 14.5. The monoisotopic (exact) mass is 265 g/mol. The van der Waals surface area contributed by atoms with Gasteiger partial charge in [0.2, 0.25) is 5.91 Å².